The van der Waals surface area contributed by atoms with Gasteiger partial charge in [-0.25, -0.2) is 8.42 Å². The van der Waals surface area contributed by atoms with E-state index in [-0.39, 0.29) is 0 Å². The van der Waals surface area contributed by atoms with E-state index < -0.39 is 10.0 Å². The summed E-state index contributed by atoms with van der Waals surface area (Å²) in [5.41, 5.74) is 3.54. The Hall–Kier alpha value is -2.45. The van der Waals surface area contributed by atoms with Gasteiger partial charge in [0.05, 0.1) is 20.5 Å². The molecule has 0 atom stereocenters. The van der Waals surface area contributed by atoms with Gasteiger partial charge >= 0.3 is 0 Å². The van der Waals surface area contributed by atoms with Crippen molar-refractivity contribution in [2.75, 3.05) is 44.9 Å². The maximum atomic E-state index is 11.5. The minimum Gasteiger partial charge on any atom is -0.493 e. The van der Waals surface area contributed by atoms with E-state index in [2.05, 4.69) is 29.5 Å². The highest BCUT2D eigenvalue weighted by molar-refractivity contribution is 7.92. The number of aryl methyl sites for hydroxylation is 2. The van der Waals surface area contributed by atoms with Gasteiger partial charge < -0.3 is 14.2 Å². The number of methoxy groups -OCH3 is 2. The van der Waals surface area contributed by atoms with Crippen molar-refractivity contribution in [3.8, 4) is 17.2 Å². The standard InChI is InChI=1S/C24H36N2O5S/c1-17(2)26(11-10-20-8-9-22(29-5)23(16-20)30-6)12-13-31-24-18(3)14-21(15-19(24)4)25-32(7,27)28/h8-9,14-17,25H,10-13H2,1-7H3. The lowest BCUT2D eigenvalue weighted by Crippen LogP contribution is -2.36. The minimum atomic E-state index is -3.31. The van der Waals surface area contributed by atoms with Crippen molar-refractivity contribution in [2.24, 2.45) is 0 Å². The van der Waals surface area contributed by atoms with E-state index in [9.17, 15) is 8.42 Å². The van der Waals surface area contributed by atoms with Crippen LogP contribution in [-0.2, 0) is 16.4 Å². The molecule has 0 heterocycles. The highest BCUT2D eigenvalue weighted by Crippen LogP contribution is 2.29. The summed E-state index contributed by atoms with van der Waals surface area (Å²) in [4.78, 5) is 2.38. The van der Waals surface area contributed by atoms with E-state index in [1.165, 1.54) is 5.56 Å². The van der Waals surface area contributed by atoms with Crippen molar-refractivity contribution in [1.29, 1.82) is 0 Å². The number of nitrogens with one attached hydrogen (secondary N) is 1. The van der Waals surface area contributed by atoms with Crippen LogP contribution in [-0.4, -0.2) is 59.5 Å². The first kappa shape index (κ1) is 25.8. The van der Waals surface area contributed by atoms with Gasteiger partial charge in [-0.3, -0.25) is 9.62 Å². The molecule has 2 aromatic carbocycles. The minimum absolute atomic E-state index is 0.377. The molecule has 0 aliphatic heterocycles. The molecule has 7 nitrogen and oxygen atoms in total. The Balaban J connectivity index is 1.97. The maximum absolute atomic E-state index is 11.5. The van der Waals surface area contributed by atoms with E-state index >= 15 is 0 Å². The lowest BCUT2D eigenvalue weighted by molar-refractivity contribution is 0.176. The second kappa shape index (κ2) is 11.4. The number of hydrogen-bond donors (Lipinski definition) is 1. The van der Waals surface area contributed by atoms with Gasteiger partial charge in [-0.1, -0.05) is 6.07 Å². The Morgan fingerprint density at radius 1 is 0.969 bits per heavy atom. The largest absolute Gasteiger partial charge is 0.493 e. The summed E-state index contributed by atoms with van der Waals surface area (Å²) in [5, 5.41) is 0. The average Bonchev–Trinajstić information content (AvgIpc) is 2.70. The fraction of sp³-hybridized carbons (Fsp3) is 0.500. The Labute approximate surface area is 192 Å². The van der Waals surface area contributed by atoms with Crippen LogP contribution in [0.2, 0.25) is 0 Å². The number of benzene rings is 2. The number of nitrogens with zero attached hydrogens (tertiary/aromatic N) is 1. The Morgan fingerprint density at radius 3 is 2.12 bits per heavy atom. The monoisotopic (exact) mass is 464 g/mol. The van der Waals surface area contributed by atoms with Crippen molar-refractivity contribution >= 4 is 15.7 Å². The average molecular weight is 465 g/mol. The van der Waals surface area contributed by atoms with Crippen molar-refractivity contribution in [3.05, 3.63) is 47.0 Å². The van der Waals surface area contributed by atoms with E-state index in [1.807, 2.05) is 26.0 Å². The molecule has 0 radical (unpaired) electrons. The molecule has 0 amide bonds. The molecular formula is C24H36N2O5S. The third-order valence-electron chi connectivity index (χ3n) is 5.25. The third-order valence-corrected chi connectivity index (χ3v) is 5.86. The summed E-state index contributed by atoms with van der Waals surface area (Å²) in [6.07, 6.45) is 2.03. The molecule has 0 aromatic heterocycles. The Morgan fingerprint density at radius 2 is 1.59 bits per heavy atom. The molecule has 0 fully saturated rings. The van der Waals surface area contributed by atoms with Crippen LogP contribution in [0.5, 0.6) is 17.2 Å². The van der Waals surface area contributed by atoms with Crippen molar-refractivity contribution in [2.45, 2.75) is 40.2 Å². The number of hydrogen-bond acceptors (Lipinski definition) is 6. The van der Waals surface area contributed by atoms with Crippen molar-refractivity contribution < 1.29 is 22.6 Å². The quantitative estimate of drug-likeness (QED) is 0.511. The normalized spacial score (nSPS) is 11.7. The third kappa shape index (κ3) is 7.60. The number of sulfonamides is 1. The van der Waals surface area contributed by atoms with Crippen LogP contribution in [0.3, 0.4) is 0 Å². The zero-order chi connectivity index (χ0) is 23.9. The smallest absolute Gasteiger partial charge is 0.229 e. The van der Waals surface area contributed by atoms with Crippen LogP contribution >= 0.6 is 0 Å². The first-order valence-electron chi connectivity index (χ1n) is 10.7. The van der Waals surface area contributed by atoms with Crippen LogP contribution < -0.4 is 18.9 Å². The highest BCUT2D eigenvalue weighted by Gasteiger charge is 2.13. The molecule has 0 spiro atoms. The van der Waals surface area contributed by atoms with E-state index in [1.54, 1.807) is 26.4 Å². The lowest BCUT2D eigenvalue weighted by Gasteiger charge is -2.27. The summed E-state index contributed by atoms with van der Waals surface area (Å²) in [6.45, 7) is 10.4. The molecule has 0 saturated heterocycles. The maximum Gasteiger partial charge on any atom is 0.229 e. The van der Waals surface area contributed by atoms with Gasteiger partial charge in [-0.05, 0) is 75.1 Å². The van der Waals surface area contributed by atoms with Gasteiger partial charge in [0.15, 0.2) is 11.5 Å². The first-order valence-corrected chi connectivity index (χ1v) is 12.6. The van der Waals surface area contributed by atoms with Crippen molar-refractivity contribution in [1.82, 2.24) is 4.90 Å². The topological polar surface area (TPSA) is 77.1 Å². The van der Waals surface area contributed by atoms with Gasteiger partial charge in [0, 0.05) is 24.8 Å². The lowest BCUT2D eigenvalue weighted by atomic mass is 10.1. The van der Waals surface area contributed by atoms with Gasteiger partial charge in [0.25, 0.3) is 0 Å². The molecule has 0 saturated carbocycles. The molecule has 178 valence electrons. The molecule has 0 unspecified atom stereocenters. The van der Waals surface area contributed by atoms with Crippen LogP contribution in [0.4, 0.5) is 5.69 Å². The molecule has 1 N–H and O–H groups in total. The molecule has 0 aliphatic carbocycles. The Bertz CT molecular complexity index is 982. The fourth-order valence-electron chi connectivity index (χ4n) is 3.65. The summed E-state index contributed by atoms with van der Waals surface area (Å²) in [6, 6.07) is 9.98. The molecule has 8 heteroatoms. The number of rotatable bonds is 12. The van der Waals surface area contributed by atoms with E-state index in [0.29, 0.717) is 18.3 Å². The van der Waals surface area contributed by atoms with Crippen LogP contribution in [0.25, 0.3) is 0 Å². The second-order valence-corrected chi connectivity index (χ2v) is 9.98. The SMILES string of the molecule is COc1ccc(CCN(CCOc2c(C)cc(NS(C)(=O)=O)cc2C)C(C)C)cc1OC. The van der Waals surface area contributed by atoms with Gasteiger partial charge in [-0.15, -0.1) is 0 Å². The molecule has 0 bridgehead atoms. The predicted molar refractivity (Wildman–Crippen MR) is 130 cm³/mol. The molecule has 32 heavy (non-hydrogen) atoms. The van der Waals surface area contributed by atoms with Crippen molar-refractivity contribution in [3.63, 3.8) is 0 Å². The van der Waals surface area contributed by atoms with Gasteiger partial charge in [-0.2, -0.15) is 0 Å². The summed E-state index contributed by atoms with van der Waals surface area (Å²) in [7, 11) is -0.0293. The number of anilines is 1. The summed E-state index contributed by atoms with van der Waals surface area (Å²) in [5.74, 6) is 2.27. The van der Waals surface area contributed by atoms with Crippen LogP contribution in [0.15, 0.2) is 30.3 Å². The van der Waals surface area contributed by atoms with Crippen LogP contribution in [0.1, 0.15) is 30.5 Å². The number of ether oxygens (including phenoxy) is 3. The second-order valence-electron chi connectivity index (χ2n) is 8.23. The molecular weight excluding hydrogens is 428 g/mol. The Kier molecular flexibility index (Phi) is 9.21. The summed E-state index contributed by atoms with van der Waals surface area (Å²) < 4.78 is 42.3. The highest BCUT2D eigenvalue weighted by atomic mass is 32.2. The zero-order valence-corrected chi connectivity index (χ0v) is 21.0. The van der Waals surface area contributed by atoms with Gasteiger partial charge in [0.1, 0.15) is 12.4 Å². The fourth-order valence-corrected chi connectivity index (χ4v) is 4.20. The summed E-state index contributed by atoms with van der Waals surface area (Å²) >= 11 is 0. The van der Waals surface area contributed by atoms with E-state index in [4.69, 9.17) is 14.2 Å². The first-order chi connectivity index (χ1) is 15.0. The molecule has 0 aliphatic rings. The van der Waals surface area contributed by atoms with E-state index in [0.717, 1.165) is 54.1 Å². The molecule has 2 aromatic rings. The zero-order valence-electron chi connectivity index (χ0n) is 20.2. The predicted octanol–water partition coefficient (Wildman–Crippen LogP) is 4.02. The van der Waals surface area contributed by atoms with Gasteiger partial charge in [0.2, 0.25) is 10.0 Å². The van der Waals surface area contributed by atoms with Crippen LogP contribution in [0, 0.1) is 13.8 Å². The molecule has 2 rings (SSSR count).